The Labute approximate surface area is 77.9 Å². The van der Waals surface area contributed by atoms with Crippen LogP contribution in [0.1, 0.15) is 39.0 Å². The molecular weight excluding hydrogens is 176 g/mol. The summed E-state index contributed by atoms with van der Waals surface area (Å²) in [4.78, 5) is 10.5. The molecule has 0 heterocycles. The first-order valence-electron chi connectivity index (χ1n) is 4.51. The molecule has 2 unspecified atom stereocenters. The van der Waals surface area contributed by atoms with Crippen LogP contribution in [0.5, 0.6) is 0 Å². The van der Waals surface area contributed by atoms with Gasteiger partial charge < -0.3 is 5.11 Å². The van der Waals surface area contributed by atoms with Gasteiger partial charge in [-0.15, -0.1) is 11.6 Å². The molecule has 0 bridgehead atoms. The molecular formula is C9H15ClO2. The van der Waals surface area contributed by atoms with Crippen LogP contribution < -0.4 is 0 Å². The van der Waals surface area contributed by atoms with Crippen molar-refractivity contribution in [3.63, 3.8) is 0 Å². The lowest BCUT2D eigenvalue weighted by molar-refractivity contribution is -0.126. The van der Waals surface area contributed by atoms with Gasteiger partial charge in [0, 0.05) is 6.42 Å². The first kappa shape index (κ1) is 10.0. The average molecular weight is 191 g/mol. The highest BCUT2D eigenvalue weighted by atomic mass is 35.5. The Hall–Kier alpha value is -0.0800. The highest BCUT2D eigenvalue weighted by Crippen LogP contribution is 2.35. The first-order chi connectivity index (χ1) is 5.61. The van der Waals surface area contributed by atoms with Crippen molar-refractivity contribution in [2.24, 2.45) is 0 Å². The highest BCUT2D eigenvalue weighted by Gasteiger charge is 2.43. The monoisotopic (exact) mass is 190 g/mol. The Morgan fingerprint density at radius 1 is 1.67 bits per heavy atom. The Kier molecular flexibility index (Phi) is 3.13. The molecule has 2 atom stereocenters. The molecule has 0 saturated heterocycles. The molecule has 0 spiro atoms. The zero-order valence-electron chi connectivity index (χ0n) is 7.35. The number of aliphatic hydroxyl groups is 1. The lowest BCUT2D eigenvalue weighted by atomic mass is 9.82. The molecule has 3 heteroatoms. The number of hydrogen-bond donors (Lipinski definition) is 1. The van der Waals surface area contributed by atoms with Gasteiger partial charge in [-0.1, -0.05) is 13.3 Å². The van der Waals surface area contributed by atoms with E-state index in [1.165, 1.54) is 0 Å². The molecule has 2 nitrogen and oxygen atoms in total. The summed E-state index contributed by atoms with van der Waals surface area (Å²) in [6.07, 6.45) is 2.90. The molecule has 0 aliphatic heterocycles. The second-order valence-corrected chi connectivity index (χ2v) is 4.09. The van der Waals surface area contributed by atoms with Gasteiger partial charge in [0.25, 0.3) is 0 Å². The minimum absolute atomic E-state index is 0.0183. The Balaban J connectivity index is 2.72. The van der Waals surface area contributed by atoms with Crippen molar-refractivity contribution in [3.05, 3.63) is 0 Å². The third-order valence-electron chi connectivity index (χ3n) is 2.57. The summed E-state index contributed by atoms with van der Waals surface area (Å²) in [5.41, 5.74) is 0. The summed E-state index contributed by atoms with van der Waals surface area (Å²) in [6, 6.07) is 0. The Morgan fingerprint density at radius 3 is 2.83 bits per heavy atom. The summed E-state index contributed by atoms with van der Waals surface area (Å²) in [5.74, 6) is 0.0183. The van der Waals surface area contributed by atoms with E-state index >= 15 is 0 Å². The van der Waals surface area contributed by atoms with Gasteiger partial charge >= 0.3 is 0 Å². The fraction of sp³-hybridized carbons (Fsp3) is 0.889. The third-order valence-corrected chi connectivity index (χ3v) is 3.22. The fourth-order valence-electron chi connectivity index (χ4n) is 1.69. The van der Waals surface area contributed by atoms with Gasteiger partial charge in [0.1, 0.15) is 4.87 Å². The number of carbonyl (C=O) groups excluding carboxylic acids is 1. The van der Waals surface area contributed by atoms with Crippen molar-refractivity contribution >= 4 is 17.4 Å². The summed E-state index contributed by atoms with van der Waals surface area (Å²) in [7, 11) is 0. The van der Waals surface area contributed by atoms with Gasteiger partial charge in [0.15, 0.2) is 5.78 Å². The van der Waals surface area contributed by atoms with Crippen molar-refractivity contribution in [1.29, 1.82) is 0 Å². The normalized spacial score (nSPS) is 33.4. The summed E-state index contributed by atoms with van der Waals surface area (Å²) in [6.45, 7) is 1.84. The average Bonchev–Trinajstić information content (AvgIpc) is 2.09. The van der Waals surface area contributed by atoms with Crippen molar-refractivity contribution in [2.75, 3.05) is 0 Å². The van der Waals surface area contributed by atoms with E-state index in [1.54, 1.807) is 0 Å². The van der Waals surface area contributed by atoms with Crippen LogP contribution in [0.15, 0.2) is 0 Å². The van der Waals surface area contributed by atoms with Crippen LogP contribution in [0.25, 0.3) is 0 Å². The van der Waals surface area contributed by atoms with E-state index in [4.69, 9.17) is 11.6 Å². The lowest BCUT2D eigenvalue weighted by Crippen LogP contribution is -2.46. The van der Waals surface area contributed by atoms with E-state index in [-0.39, 0.29) is 5.78 Å². The van der Waals surface area contributed by atoms with Gasteiger partial charge in [-0.3, -0.25) is 4.79 Å². The van der Waals surface area contributed by atoms with Crippen LogP contribution in [0.4, 0.5) is 0 Å². The number of alkyl halides is 1. The molecule has 1 saturated carbocycles. The predicted octanol–water partition coefficient (Wildman–Crippen LogP) is 1.88. The molecule has 12 heavy (non-hydrogen) atoms. The summed E-state index contributed by atoms with van der Waals surface area (Å²) < 4.78 is 0. The second-order valence-electron chi connectivity index (χ2n) is 3.42. The summed E-state index contributed by atoms with van der Waals surface area (Å²) in [5, 5.41) is 9.56. The van der Waals surface area contributed by atoms with Gasteiger partial charge in [-0.25, -0.2) is 0 Å². The smallest absolute Gasteiger partial charge is 0.156 e. The molecule has 1 aliphatic carbocycles. The maximum Gasteiger partial charge on any atom is 0.156 e. The van der Waals surface area contributed by atoms with Crippen molar-refractivity contribution in [1.82, 2.24) is 0 Å². The van der Waals surface area contributed by atoms with Crippen LogP contribution in [0.3, 0.4) is 0 Å². The number of carbonyl (C=O) groups is 1. The number of halogens is 1. The predicted molar refractivity (Wildman–Crippen MR) is 48.4 cm³/mol. The third kappa shape index (κ3) is 1.64. The van der Waals surface area contributed by atoms with E-state index in [9.17, 15) is 9.90 Å². The van der Waals surface area contributed by atoms with Crippen LogP contribution in [-0.2, 0) is 4.79 Å². The molecule has 0 aromatic rings. The number of aliphatic hydroxyl groups excluding tert-OH is 1. The van der Waals surface area contributed by atoms with E-state index in [1.807, 2.05) is 6.92 Å². The molecule has 1 fully saturated rings. The van der Waals surface area contributed by atoms with Crippen LogP contribution >= 0.6 is 11.6 Å². The zero-order valence-corrected chi connectivity index (χ0v) is 8.10. The van der Waals surface area contributed by atoms with Gasteiger partial charge in [0.05, 0.1) is 6.10 Å². The first-order valence-corrected chi connectivity index (χ1v) is 4.89. The van der Waals surface area contributed by atoms with Gasteiger partial charge in [0.2, 0.25) is 0 Å². The van der Waals surface area contributed by atoms with E-state index in [0.29, 0.717) is 19.3 Å². The largest absolute Gasteiger partial charge is 0.391 e. The maximum atomic E-state index is 11.4. The van der Waals surface area contributed by atoms with Crippen LogP contribution in [-0.4, -0.2) is 21.9 Å². The molecule has 0 radical (unpaired) electrons. The maximum absolute atomic E-state index is 11.4. The van der Waals surface area contributed by atoms with Crippen LogP contribution in [0.2, 0.25) is 0 Å². The Morgan fingerprint density at radius 2 is 2.33 bits per heavy atom. The standard InChI is InChI=1S/C9H15ClO2/c1-2-7(11)9(10)6-4-3-5-8(9)12/h7,11H,2-6H2,1H3. The second kappa shape index (κ2) is 3.75. The van der Waals surface area contributed by atoms with Crippen molar-refractivity contribution < 1.29 is 9.90 Å². The molecule has 1 rings (SSSR count). The van der Waals surface area contributed by atoms with E-state index < -0.39 is 11.0 Å². The van der Waals surface area contributed by atoms with Crippen molar-refractivity contribution in [3.8, 4) is 0 Å². The SMILES string of the molecule is CCC(O)C1(Cl)CCCCC1=O. The highest BCUT2D eigenvalue weighted by molar-refractivity contribution is 6.36. The number of hydrogen-bond acceptors (Lipinski definition) is 2. The molecule has 1 N–H and O–H groups in total. The number of Topliss-reactive ketones (excluding diaryl/α,β-unsaturated/α-hetero) is 1. The van der Waals surface area contributed by atoms with E-state index in [0.717, 1.165) is 12.8 Å². The number of ketones is 1. The Bertz CT molecular complexity index is 181. The number of rotatable bonds is 2. The fourth-order valence-corrected chi connectivity index (χ4v) is 2.07. The molecule has 0 amide bonds. The lowest BCUT2D eigenvalue weighted by Gasteiger charge is -2.33. The van der Waals surface area contributed by atoms with Gasteiger partial charge in [-0.2, -0.15) is 0 Å². The quantitative estimate of drug-likeness (QED) is 0.676. The van der Waals surface area contributed by atoms with E-state index in [2.05, 4.69) is 0 Å². The molecule has 0 aromatic carbocycles. The minimum Gasteiger partial charge on any atom is -0.391 e. The molecule has 1 aliphatic rings. The minimum atomic E-state index is -0.965. The topological polar surface area (TPSA) is 37.3 Å². The van der Waals surface area contributed by atoms with Crippen molar-refractivity contribution in [2.45, 2.75) is 50.0 Å². The summed E-state index contributed by atoms with van der Waals surface area (Å²) >= 11 is 6.08. The molecule has 70 valence electrons. The van der Waals surface area contributed by atoms with Gasteiger partial charge in [-0.05, 0) is 19.3 Å². The van der Waals surface area contributed by atoms with Crippen LogP contribution in [0, 0.1) is 0 Å². The zero-order chi connectivity index (χ0) is 9.19. The molecule has 0 aromatic heterocycles.